The normalized spacial score (nSPS) is 11.0. The van der Waals surface area contributed by atoms with Crippen LogP contribution in [-0.4, -0.2) is 27.3 Å². The Bertz CT molecular complexity index is 814. The number of aromatic amines is 1. The molecule has 0 bridgehead atoms. The second-order valence-electron chi connectivity index (χ2n) is 4.93. The second-order valence-corrected chi connectivity index (χ2v) is 4.93. The third kappa shape index (κ3) is 2.20. The molecule has 1 aromatic carbocycles. The van der Waals surface area contributed by atoms with Crippen molar-refractivity contribution in [2.45, 2.75) is 20.8 Å². The zero-order chi connectivity index (χ0) is 15.0. The van der Waals surface area contributed by atoms with E-state index in [9.17, 15) is 4.79 Å². The van der Waals surface area contributed by atoms with Gasteiger partial charge in [-0.05, 0) is 45.0 Å². The molecular formula is C16H17N3O2. The average molecular weight is 283 g/mol. The van der Waals surface area contributed by atoms with E-state index >= 15 is 0 Å². The minimum Gasteiger partial charge on any atom is -0.462 e. The number of aromatic nitrogens is 3. The van der Waals surface area contributed by atoms with E-state index in [4.69, 9.17) is 4.74 Å². The molecule has 5 nitrogen and oxygen atoms in total. The lowest BCUT2D eigenvalue weighted by molar-refractivity contribution is 0.0524. The zero-order valence-electron chi connectivity index (χ0n) is 12.3. The van der Waals surface area contributed by atoms with Crippen molar-refractivity contribution in [2.24, 2.45) is 0 Å². The van der Waals surface area contributed by atoms with Gasteiger partial charge in [0.1, 0.15) is 5.56 Å². The summed E-state index contributed by atoms with van der Waals surface area (Å²) in [6, 6.07) is 8.04. The molecule has 2 heterocycles. The van der Waals surface area contributed by atoms with E-state index in [0.717, 1.165) is 22.3 Å². The third-order valence-electron chi connectivity index (χ3n) is 3.55. The highest BCUT2D eigenvalue weighted by molar-refractivity contribution is 5.92. The van der Waals surface area contributed by atoms with Crippen LogP contribution < -0.4 is 0 Å². The van der Waals surface area contributed by atoms with Gasteiger partial charge in [-0.3, -0.25) is 0 Å². The van der Waals surface area contributed by atoms with Crippen LogP contribution in [0.4, 0.5) is 0 Å². The summed E-state index contributed by atoms with van der Waals surface area (Å²) in [7, 11) is 0. The minimum atomic E-state index is -0.318. The van der Waals surface area contributed by atoms with Crippen LogP contribution in [0.3, 0.4) is 0 Å². The number of esters is 1. The molecule has 0 saturated heterocycles. The molecule has 0 unspecified atom stereocenters. The lowest BCUT2D eigenvalue weighted by atomic mass is 10.2. The monoisotopic (exact) mass is 283 g/mol. The number of hydrogen-bond acceptors (Lipinski definition) is 3. The largest absolute Gasteiger partial charge is 0.462 e. The Labute approximate surface area is 122 Å². The van der Waals surface area contributed by atoms with Gasteiger partial charge in [0, 0.05) is 17.1 Å². The Morgan fingerprint density at radius 2 is 2.14 bits per heavy atom. The number of fused-ring (bicyclic) bond motifs is 1. The molecule has 0 radical (unpaired) electrons. The number of ether oxygens (including phenoxy) is 1. The predicted molar refractivity (Wildman–Crippen MR) is 80.9 cm³/mol. The van der Waals surface area contributed by atoms with Gasteiger partial charge in [-0.2, -0.15) is 5.10 Å². The number of nitrogens with one attached hydrogen (secondary N) is 1. The average Bonchev–Trinajstić information content (AvgIpc) is 3.02. The van der Waals surface area contributed by atoms with Crippen LogP contribution in [0.15, 0.2) is 30.5 Å². The molecule has 0 fully saturated rings. The van der Waals surface area contributed by atoms with Gasteiger partial charge in [0.25, 0.3) is 0 Å². The number of carbonyl (C=O) groups is 1. The van der Waals surface area contributed by atoms with Crippen LogP contribution >= 0.6 is 0 Å². The first kappa shape index (κ1) is 13.4. The van der Waals surface area contributed by atoms with Crippen LogP contribution in [0.2, 0.25) is 0 Å². The summed E-state index contributed by atoms with van der Waals surface area (Å²) in [5.41, 5.74) is 4.02. The Morgan fingerprint density at radius 3 is 2.90 bits per heavy atom. The number of H-pyrrole nitrogens is 1. The highest BCUT2D eigenvalue weighted by Gasteiger charge is 2.20. The number of rotatable bonds is 3. The molecule has 0 aliphatic heterocycles. The van der Waals surface area contributed by atoms with E-state index in [1.807, 2.05) is 44.3 Å². The van der Waals surface area contributed by atoms with E-state index in [0.29, 0.717) is 17.9 Å². The van der Waals surface area contributed by atoms with Gasteiger partial charge < -0.3 is 9.72 Å². The fourth-order valence-electron chi connectivity index (χ4n) is 2.57. The summed E-state index contributed by atoms with van der Waals surface area (Å²) in [6.45, 7) is 5.86. The molecule has 3 rings (SSSR count). The maximum absolute atomic E-state index is 12.0. The van der Waals surface area contributed by atoms with Crippen molar-refractivity contribution in [3.8, 4) is 5.69 Å². The van der Waals surface area contributed by atoms with Crippen LogP contribution in [0.5, 0.6) is 0 Å². The summed E-state index contributed by atoms with van der Waals surface area (Å²) in [6.07, 6.45) is 1.90. The van der Waals surface area contributed by atoms with Crippen molar-refractivity contribution in [2.75, 3.05) is 6.61 Å². The molecule has 0 saturated carbocycles. The smallest absolute Gasteiger partial charge is 0.341 e. The molecule has 0 amide bonds. The first-order valence-corrected chi connectivity index (χ1v) is 6.92. The van der Waals surface area contributed by atoms with Gasteiger partial charge in [-0.25, -0.2) is 9.48 Å². The van der Waals surface area contributed by atoms with E-state index in [1.54, 1.807) is 11.6 Å². The van der Waals surface area contributed by atoms with Crippen molar-refractivity contribution >= 4 is 16.9 Å². The van der Waals surface area contributed by atoms with Gasteiger partial charge in [-0.15, -0.1) is 0 Å². The van der Waals surface area contributed by atoms with Crippen molar-refractivity contribution in [3.63, 3.8) is 0 Å². The quantitative estimate of drug-likeness (QED) is 0.751. The number of hydrogen-bond donors (Lipinski definition) is 1. The van der Waals surface area contributed by atoms with Gasteiger partial charge in [0.2, 0.25) is 0 Å². The molecule has 3 aromatic rings. The van der Waals surface area contributed by atoms with Crippen LogP contribution in [0, 0.1) is 13.8 Å². The molecular weight excluding hydrogens is 266 g/mol. The number of aryl methyl sites for hydroxylation is 1. The zero-order valence-corrected chi connectivity index (χ0v) is 12.3. The van der Waals surface area contributed by atoms with Crippen molar-refractivity contribution in [1.29, 1.82) is 0 Å². The first-order chi connectivity index (χ1) is 10.1. The van der Waals surface area contributed by atoms with Gasteiger partial charge in [0.05, 0.1) is 23.7 Å². The van der Waals surface area contributed by atoms with Crippen molar-refractivity contribution in [1.82, 2.24) is 14.8 Å². The van der Waals surface area contributed by atoms with Crippen molar-refractivity contribution in [3.05, 3.63) is 47.4 Å². The highest BCUT2D eigenvalue weighted by atomic mass is 16.5. The fourth-order valence-corrected chi connectivity index (χ4v) is 2.57. The summed E-state index contributed by atoms with van der Waals surface area (Å²) in [4.78, 5) is 15.2. The molecule has 0 aliphatic rings. The van der Waals surface area contributed by atoms with Crippen LogP contribution in [0.25, 0.3) is 16.6 Å². The van der Waals surface area contributed by atoms with Crippen LogP contribution in [-0.2, 0) is 4.74 Å². The minimum absolute atomic E-state index is 0.318. The Kier molecular flexibility index (Phi) is 3.25. The maximum Gasteiger partial charge on any atom is 0.341 e. The fraction of sp³-hybridized carbons (Fsp3) is 0.250. The van der Waals surface area contributed by atoms with Crippen LogP contribution in [0.1, 0.15) is 28.7 Å². The van der Waals surface area contributed by atoms with Crippen molar-refractivity contribution < 1.29 is 9.53 Å². The lowest BCUT2D eigenvalue weighted by Crippen LogP contribution is -2.07. The second kappa shape index (κ2) is 5.09. The highest BCUT2D eigenvalue weighted by Crippen LogP contribution is 2.22. The summed E-state index contributed by atoms with van der Waals surface area (Å²) in [5.74, 6) is -0.318. The molecule has 2 aromatic heterocycles. The van der Waals surface area contributed by atoms with E-state index in [2.05, 4.69) is 10.1 Å². The molecule has 0 spiro atoms. The maximum atomic E-state index is 12.0. The lowest BCUT2D eigenvalue weighted by Gasteiger charge is -2.05. The Balaban J connectivity index is 2.10. The topological polar surface area (TPSA) is 59.9 Å². The van der Waals surface area contributed by atoms with E-state index in [1.165, 1.54) is 0 Å². The number of nitrogens with zero attached hydrogens (tertiary/aromatic N) is 2. The molecule has 108 valence electrons. The summed E-state index contributed by atoms with van der Waals surface area (Å²) >= 11 is 0. The molecule has 21 heavy (non-hydrogen) atoms. The number of carbonyl (C=O) groups excluding carboxylic acids is 1. The van der Waals surface area contributed by atoms with E-state index in [-0.39, 0.29) is 5.97 Å². The molecule has 1 N–H and O–H groups in total. The Morgan fingerprint density at radius 1 is 1.33 bits per heavy atom. The predicted octanol–water partition coefficient (Wildman–Crippen LogP) is 3.15. The molecule has 0 aliphatic carbocycles. The molecule has 5 heteroatoms. The first-order valence-electron chi connectivity index (χ1n) is 6.92. The van der Waals surface area contributed by atoms with Gasteiger partial charge in [-0.1, -0.05) is 0 Å². The standard InChI is InChI=1S/C16H17N3O2/c1-4-21-16(20)15-10(2)18-19(11(15)3)13-5-6-14-12(9-13)7-8-17-14/h5-9,17H,4H2,1-3H3. The SMILES string of the molecule is CCOC(=O)c1c(C)nn(-c2ccc3[nH]ccc3c2)c1C. The summed E-state index contributed by atoms with van der Waals surface area (Å²) in [5, 5.41) is 5.59. The third-order valence-corrected chi connectivity index (χ3v) is 3.55. The molecule has 0 atom stereocenters. The van der Waals surface area contributed by atoms with E-state index < -0.39 is 0 Å². The number of benzene rings is 1. The summed E-state index contributed by atoms with van der Waals surface area (Å²) < 4.78 is 6.89. The van der Waals surface area contributed by atoms with Gasteiger partial charge >= 0.3 is 5.97 Å². The van der Waals surface area contributed by atoms with Gasteiger partial charge in [0.15, 0.2) is 0 Å². The Hall–Kier alpha value is -2.56.